The maximum atomic E-state index is 6.23. The quantitative estimate of drug-likeness (QED) is 0.888. The molecular formula is C11H12ClNOS. The number of hydrogen-bond donors (Lipinski definition) is 1. The van der Waals surface area contributed by atoms with Gasteiger partial charge in [-0.05, 0) is 37.0 Å². The Morgan fingerprint density at radius 1 is 1.53 bits per heavy atom. The van der Waals surface area contributed by atoms with Gasteiger partial charge in [0.15, 0.2) is 0 Å². The van der Waals surface area contributed by atoms with Crippen molar-refractivity contribution in [3.8, 4) is 0 Å². The van der Waals surface area contributed by atoms with E-state index in [1.54, 1.807) is 17.6 Å². The highest BCUT2D eigenvalue weighted by atomic mass is 35.5. The molecule has 0 amide bonds. The second-order valence-electron chi connectivity index (χ2n) is 3.33. The SMILES string of the molecule is CNC(c1ccco1)c1scc(C)c1Cl. The van der Waals surface area contributed by atoms with Crippen molar-refractivity contribution in [2.45, 2.75) is 13.0 Å². The summed E-state index contributed by atoms with van der Waals surface area (Å²) >= 11 is 7.88. The number of furan rings is 1. The third-order valence-corrected chi connectivity index (χ3v) is 4.08. The summed E-state index contributed by atoms with van der Waals surface area (Å²) in [7, 11) is 1.90. The first-order chi connectivity index (χ1) is 7.24. The van der Waals surface area contributed by atoms with Gasteiger partial charge in [0.05, 0.1) is 11.3 Å². The molecule has 0 saturated heterocycles. The van der Waals surface area contributed by atoms with Crippen LogP contribution in [0.2, 0.25) is 5.02 Å². The van der Waals surface area contributed by atoms with Gasteiger partial charge in [0, 0.05) is 4.88 Å². The molecule has 15 heavy (non-hydrogen) atoms. The Labute approximate surface area is 97.9 Å². The average molecular weight is 242 g/mol. The molecule has 0 radical (unpaired) electrons. The topological polar surface area (TPSA) is 25.2 Å². The van der Waals surface area contributed by atoms with E-state index < -0.39 is 0 Å². The van der Waals surface area contributed by atoms with Crippen LogP contribution in [0.25, 0.3) is 0 Å². The standard InChI is InChI=1S/C11H12ClNOS/c1-7-6-15-11(9(7)12)10(13-2)8-4-3-5-14-8/h3-6,10,13H,1-2H3. The van der Waals surface area contributed by atoms with E-state index in [0.717, 1.165) is 21.2 Å². The van der Waals surface area contributed by atoms with Gasteiger partial charge in [0.1, 0.15) is 11.8 Å². The Hall–Kier alpha value is -0.770. The predicted molar refractivity (Wildman–Crippen MR) is 63.7 cm³/mol. The zero-order valence-corrected chi connectivity index (χ0v) is 10.2. The molecule has 2 rings (SSSR count). The fraction of sp³-hybridized carbons (Fsp3) is 0.273. The van der Waals surface area contributed by atoms with Crippen molar-refractivity contribution < 1.29 is 4.42 Å². The number of halogens is 1. The normalized spacial score (nSPS) is 13.0. The highest BCUT2D eigenvalue weighted by Gasteiger charge is 2.20. The lowest BCUT2D eigenvalue weighted by molar-refractivity contribution is 0.466. The number of nitrogens with one attached hydrogen (secondary N) is 1. The molecule has 0 saturated carbocycles. The fourth-order valence-corrected chi connectivity index (χ4v) is 2.92. The molecule has 0 aromatic carbocycles. The van der Waals surface area contributed by atoms with E-state index in [1.165, 1.54) is 0 Å². The molecule has 1 atom stereocenters. The summed E-state index contributed by atoms with van der Waals surface area (Å²) in [6.45, 7) is 2.01. The number of aryl methyl sites for hydroxylation is 1. The zero-order chi connectivity index (χ0) is 10.8. The van der Waals surface area contributed by atoms with E-state index >= 15 is 0 Å². The minimum atomic E-state index is 0.0474. The van der Waals surface area contributed by atoms with Gasteiger partial charge in [-0.25, -0.2) is 0 Å². The number of rotatable bonds is 3. The maximum absolute atomic E-state index is 6.23. The van der Waals surface area contributed by atoms with E-state index in [2.05, 4.69) is 10.7 Å². The Morgan fingerprint density at radius 2 is 2.33 bits per heavy atom. The highest BCUT2D eigenvalue weighted by Crippen LogP contribution is 2.35. The second kappa shape index (κ2) is 4.39. The minimum Gasteiger partial charge on any atom is -0.467 e. The lowest BCUT2D eigenvalue weighted by Gasteiger charge is -2.12. The molecule has 2 nitrogen and oxygen atoms in total. The van der Waals surface area contributed by atoms with Crippen LogP contribution in [0.1, 0.15) is 22.2 Å². The van der Waals surface area contributed by atoms with Gasteiger partial charge < -0.3 is 9.73 Å². The first-order valence-electron chi connectivity index (χ1n) is 4.68. The van der Waals surface area contributed by atoms with Gasteiger partial charge in [-0.15, -0.1) is 11.3 Å². The summed E-state index contributed by atoms with van der Waals surface area (Å²) in [5, 5.41) is 6.10. The smallest absolute Gasteiger partial charge is 0.126 e. The van der Waals surface area contributed by atoms with Gasteiger partial charge in [0.2, 0.25) is 0 Å². The van der Waals surface area contributed by atoms with Crippen molar-refractivity contribution >= 4 is 22.9 Å². The number of hydrogen-bond acceptors (Lipinski definition) is 3. The fourth-order valence-electron chi connectivity index (χ4n) is 1.50. The van der Waals surface area contributed by atoms with Crippen LogP contribution in [-0.2, 0) is 0 Å². The molecule has 0 aliphatic heterocycles. The van der Waals surface area contributed by atoms with Crippen LogP contribution < -0.4 is 5.32 Å². The van der Waals surface area contributed by atoms with Gasteiger partial charge in [-0.1, -0.05) is 11.6 Å². The zero-order valence-electron chi connectivity index (χ0n) is 8.58. The highest BCUT2D eigenvalue weighted by molar-refractivity contribution is 7.10. The van der Waals surface area contributed by atoms with Crippen LogP contribution in [0.4, 0.5) is 0 Å². The lowest BCUT2D eigenvalue weighted by atomic mass is 10.1. The molecule has 4 heteroatoms. The van der Waals surface area contributed by atoms with Crippen LogP contribution in [0.15, 0.2) is 28.2 Å². The van der Waals surface area contributed by atoms with E-state index in [-0.39, 0.29) is 6.04 Å². The minimum absolute atomic E-state index is 0.0474. The predicted octanol–water partition coefficient (Wildman–Crippen LogP) is 3.61. The Bertz CT molecular complexity index is 435. The third kappa shape index (κ3) is 1.95. The maximum Gasteiger partial charge on any atom is 0.126 e. The molecule has 2 heterocycles. The third-order valence-electron chi connectivity index (χ3n) is 2.30. The molecule has 1 unspecified atom stereocenters. The summed E-state index contributed by atoms with van der Waals surface area (Å²) in [6.07, 6.45) is 1.67. The summed E-state index contributed by atoms with van der Waals surface area (Å²) in [4.78, 5) is 1.10. The molecule has 0 spiro atoms. The molecule has 0 bridgehead atoms. The molecule has 2 aromatic rings. The molecular weight excluding hydrogens is 230 g/mol. The Kier molecular flexibility index (Phi) is 3.14. The summed E-state index contributed by atoms with van der Waals surface area (Å²) in [6, 6.07) is 3.88. The monoisotopic (exact) mass is 241 g/mol. The summed E-state index contributed by atoms with van der Waals surface area (Å²) < 4.78 is 5.39. The van der Waals surface area contributed by atoms with Crippen molar-refractivity contribution in [3.63, 3.8) is 0 Å². The van der Waals surface area contributed by atoms with Gasteiger partial charge >= 0.3 is 0 Å². The summed E-state index contributed by atoms with van der Waals surface area (Å²) in [5.41, 5.74) is 1.11. The molecule has 1 N–H and O–H groups in total. The molecule has 2 aromatic heterocycles. The largest absolute Gasteiger partial charge is 0.467 e. The first-order valence-corrected chi connectivity index (χ1v) is 5.94. The Morgan fingerprint density at radius 3 is 2.80 bits per heavy atom. The van der Waals surface area contributed by atoms with Gasteiger partial charge in [-0.2, -0.15) is 0 Å². The van der Waals surface area contributed by atoms with E-state index in [4.69, 9.17) is 16.0 Å². The summed E-state index contributed by atoms with van der Waals surface area (Å²) in [5.74, 6) is 0.890. The van der Waals surface area contributed by atoms with Gasteiger partial charge in [0.25, 0.3) is 0 Å². The lowest BCUT2D eigenvalue weighted by Crippen LogP contribution is -2.16. The number of thiophene rings is 1. The van der Waals surface area contributed by atoms with Crippen LogP contribution in [0.3, 0.4) is 0 Å². The molecule has 0 fully saturated rings. The van der Waals surface area contributed by atoms with E-state index in [0.29, 0.717) is 0 Å². The van der Waals surface area contributed by atoms with Crippen molar-refractivity contribution in [2.75, 3.05) is 7.05 Å². The van der Waals surface area contributed by atoms with Crippen molar-refractivity contribution in [2.24, 2.45) is 0 Å². The van der Waals surface area contributed by atoms with E-state index in [1.807, 2.05) is 26.1 Å². The molecule has 0 aliphatic rings. The van der Waals surface area contributed by atoms with Crippen molar-refractivity contribution in [1.82, 2.24) is 5.32 Å². The van der Waals surface area contributed by atoms with Crippen LogP contribution in [0, 0.1) is 6.92 Å². The second-order valence-corrected chi connectivity index (χ2v) is 4.62. The average Bonchev–Trinajstić information content (AvgIpc) is 2.84. The van der Waals surface area contributed by atoms with E-state index in [9.17, 15) is 0 Å². The van der Waals surface area contributed by atoms with Crippen molar-refractivity contribution in [1.29, 1.82) is 0 Å². The van der Waals surface area contributed by atoms with Crippen LogP contribution >= 0.6 is 22.9 Å². The Balaban J connectivity index is 2.40. The van der Waals surface area contributed by atoms with Crippen LogP contribution in [0.5, 0.6) is 0 Å². The molecule has 80 valence electrons. The first kappa shape index (κ1) is 10.7. The molecule has 0 aliphatic carbocycles. The van der Waals surface area contributed by atoms with Crippen LogP contribution in [-0.4, -0.2) is 7.05 Å². The van der Waals surface area contributed by atoms with Gasteiger partial charge in [-0.3, -0.25) is 0 Å². The van der Waals surface area contributed by atoms with Crippen molar-refractivity contribution in [3.05, 3.63) is 45.0 Å².